The first kappa shape index (κ1) is 17.1. The van der Waals surface area contributed by atoms with Crippen molar-refractivity contribution in [3.8, 4) is 5.75 Å². The summed E-state index contributed by atoms with van der Waals surface area (Å²) in [6, 6.07) is 13.5. The fourth-order valence-corrected chi connectivity index (χ4v) is 4.31. The lowest BCUT2D eigenvalue weighted by Crippen LogP contribution is -2.13. The molecular weight excluding hydrogens is 360 g/mol. The maximum absolute atomic E-state index is 12.1. The Balaban J connectivity index is 1.59. The van der Waals surface area contributed by atoms with Crippen molar-refractivity contribution in [3.63, 3.8) is 0 Å². The van der Waals surface area contributed by atoms with Crippen molar-refractivity contribution in [3.05, 3.63) is 42.5 Å². The van der Waals surface area contributed by atoms with Gasteiger partial charge in [0.25, 0.3) is 0 Å². The number of thiazole rings is 1. The first-order valence-electron chi connectivity index (χ1n) is 7.19. The topological polar surface area (TPSA) is 51.2 Å². The van der Waals surface area contributed by atoms with Crippen molar-refractivity contribution in [2.75, 3.05) is 24.4 Å². The van der Waals surface area contributed by atoms with Crippen LogP contribution in [0, 0.1) is 0 Å². The third-order valence-corrected chi connectivity index (χ3v) is 6.27. The van der Waals surface area contributed by atoms with Gasteiger partial charge in [-0.25, -0.2) is 4.98 Å². The van der Waals surface area contributed by atoms with E-state index in [1.807, 2.05) is 48.7 Å². The normalized spacial score (nSPS) is 10.8. The van der Waals surface area contributed by atoms with Crippen molar-refractivity contribution < 1.29 is 9.53 Å². The van der Waals surface area contributed by atoms with Gasteiger partial charge in [-0.2, -0.15) is 0 Å². The van der Waals surface area contributed by atoms with Gasteiger partial charge < -0.3 is 10.1 Å². The number of fused-ring (bicyclic) bond motifs is 1. The number of nitrogens with one attached hydrogen (secondary N) is 1. The van der Waals surface area contributed by atoms with E-state index in [-0.39, 0.29) is 5.91 Å². The number of ether oxygens (including phenoxy) is 1. The largest absolute Gasteiger partial charge is 0.497 e. The van der Waals surface area contributed by atoms with Gasteiger partial charge in [0.2, 0.25) is 5.91 Å². The number of benzene rings is 2. The molecule has 4 nitrogen and oxygen atoms in total. The summed E-state index contributed by atoms with van der Waals surface area (Å²) < 4.78 is 7.24. The fraction of sp³-hybridized carbons (Fsp3) is 0.176. The number of carbonyl (C=O) groups is 1. The van der Waals surface area contributed by atoms with Crippen LogP contribution in [0.5, 0.6) is 5.75 Å². The molecule has 24 heavy (non-hydrogen) atoms. The molecule has 1 N–H and O–H groups in total. The molecule has 1 amide bonds. The van der Waals surface area contributed by atoms with Crippen molar-refractivity contribution in [1.82, 2.24) is 4.98 Å². The van der Waals surface area contributed by atoms with Gasteiger partial charge in [-0.15, -0.1) is 23.1 Å². The van der Waals surface area contributed by atoms with E-state index < -0.39 is 0 Å². The second-order valence-corrected chi connectivity index (χ2v) is 8.01. The van der Waals surface area contributed by atoms with Gasteiger partial charge in [0.05, 0.1) is 23.1 Å². The second-order valence-electron chi connectivity index (χ2n) is 4.88. The lowest BCUT2D eigenvalue weighted by atomic mass is 10.3. The van der Waals surface area contributed by atoms with E-state index in [1.165, 1.54) is 11.8 Å². The lowest BCUT2D eigenvalue weighted by molar-refractivity contribution is -0.113. The summed E-state index contributed by atoms with van der Waals surface area (Å²) in [4.78, 5) is 17.7. The summed E-state index contributed by atoms with van der Waals surface area (Å²) in [5, 5.41) is 2.94. The van der Waals surface area contributed by atoms with E-state index in [0.717, 1.165) is 30.9 Å². The van der Waals surface area contributed by atoms with E-state index >= 15 is 0 Å². The number of hydrogen-bond acceptors (Lipinski definition) is 6. The van der Waals surface area contributed by atoms with Crippen molar-refractivity contribution in [2.24, 2.45) is 0 Å². The molecule has 0 spiro atoms. The Labute approximate surface area is 153 Å². The summed E-state index contributed by atoms with van der Waals surface area (Å²) in [5.41, 5.74) is 1.77. The minimum absolute atomic E-state index is 0.0234. The molecule has 0 saturated carbocycles. The van der Waals surface area contributed by atoms with Gasteiger partial charge in [-0.1, -0.05) is 11.8 Å². The maximum atomic E-state index is 12.1. The SMILES string of the molecule is COc1ccc(SCC(=O)Nc2ccc3nc(SC)sc3c2)cc1. The summed E-state index contributed by atoms with van der Waals surface area (Å²) in [6.07, 6.45) is 2.01. The van der Waals surface area contributed by atoms with Gasteiger partial charge in [0.15, 0.2) is 4.34 Å². The summed E-state index contributed by atoms with van der Waals surface area (Å²) in [5.74, 6) is 1.15. The molecule has 0 fully saturated rings. The summed E-state index contributed by atoms with van der Waals surface area (Å²) in [7, 11) is 1.64. The Kier molecular flexibility index (Phi) is 5.65. The number of thioether (sulfide) groups is 2. The van der Waals surface area contributed by atoms with Gasteiger partial charge in [-0.05, 0) is 48.7 Å². The second kappa shape index (κ2) is 7.92. The number of nitrogens with zero attached hydrogens (tertiary/aromatic N) is 1. The molecule has 0 saturated heterocycles. The quantitative estimate of drug-likeness (QED) is 0.629. The highest BCUT2D eigenvalue weighted by molar-refractivity contribution is 8.00. The van der Waals surface area contributed by atoms with Crippen molar-refractivity contribution in [2.45, 2.75) is 9.24 Å². The molecular formula is C17H16N2O2S3. The van der Waals surface area contributed by atoms with Crippen LogP contribution in [0.3, 0.4) is 0 Å². The van der Waals surface area contributed by atoms with Crippen molar-refractivity contribution >= 4 is 56.7 Å². The number of anilines is 1. The lowest BCUT2D eigenvalue weighted by Gasteiger charge is -2.06. The maximum Gasteiger partial charge on any atom is 0.234 e. The molecule has 124 valence electrons. The molecule has 0 atom stereocenters. The zero-order chi connectivity index (χ0) is 16.9. The number of rotatable bonds is 6. The molecule has 0 aliphatic heterocycles. The van der Waals surface area contributed by atoms with Gasteiger partial charge >= 0.3 is 0 Å². The zero-order valence-electron chi connectivity index (χ0n) is 13.2. The highest BCUT2D eigenvalue weighted by Gasteiger charge is 2.07. The van der Waals surface area contributed by atoms with E-state index in [1.54, 1.807) is 30.2 Å². The average molecular weight is 377 g/mol. The Morgan fingerprint density at radius 3 is 2.75 bits per heavy atom. The van der Waals surface area contributed by atoms with Crippen LogP contribution in [0.15, 0.2) is 51.7 Å². The number of methoxy groups -OCH3 is 1. The standard InChI is InChI=1S/C17H16N2O2S3/c1-21-12-4-6-13(7-5-12)23-10-16(20)18-11-3-8-14-15(9-11)24-17(19-14)22-2/h3-9H,10H2,1-2H3,(H,18,20). The summed E-state index contributed by atoms with van der Waals surface area (Å²) in [6.45, 7) is 0. The molecule has 3 rings (SSSR count). The van der Waals surface area contributed by atoms with Crippen LogP contribution in [0.2, 0.25) is 0 Å². The Hall–Kier alpha value is -1.70. The van der Waals surface area contributed by atoms with Gasteiger partial charge in [0, 0.05) is 10.6 Å². The van der Waals surface area contributed by atoms with E-state index in [0.29, 0.717) is 5.75 Å². The van der Waals surface area contributed by atoms with Crippen LogP contribution in [0.4, 0.5) is 5.69 Å². The first-order valence-corrected chi connectivity index (χ1v) is 10.2. The molecule has 2 aromatic carbocycles. The van der Waals surface area contributed by atoms with Crippen LogP contribution >= 0.6 is 34.9 Å². The third-order valence-electron chi connectivity index (χ3n) is 3.26. The fourth-order valence-electron chi connectivity index (χ4n) is 2.09. The Bertz CT molecular complexity index is 847. The van der Waals surface area contributed by atoms with Crippen LogP contribution in [-0.2, 0) is 4.79 Å². The molecule has 0 radical (unpaired) electrons. The first-order chi connectivity index (χ1) is 11.7. The molecule has 0 aliphatic carbocycles. The van der Waals surface area contributed by atoms with Crippen LogP contribution in [-0.4, -0.2) is 30.0 Å². The predicted octanol–water partition coefficient (Wildman–Crippen LogP) is 4.76. The Morgan fingerprint density at radius 2 is 2.04 bits per heavy atom. The molecule has 7 heteroatoms. The number of aromatic nitrogens is 1. The van der Waals surface area contributed by atoms with Crippen LogP contribution in [0.25, 0.3) is 10.2 Å². The average Bonchev–Trinajstić information content (AvgIpc) is 3.03. The molecule has 0 aliphatic rings. The molecule has 3 aromatic rings. The van der Waals surface area contributed by atoms with Crippen LogP contribution < -0.4 is 10.1 Å². The smallest absolute Gasteiger partial charge is 0.234 e. The van der Waals surface area contributed by atoms with Crippen molar-refractivity contribution in [1.29, 1.82) is 0 Å². The van der Waals surface area contributed by atoms with Gasteiger partial charge in [0.1, 0.15) is 5.75 Å². The third kappa shape index (κ3) is 4.23. The van der Waals surface area contributed by atoms with Crippen LogP contribution in [0.1, 0.15) is 0 Å². The van der Waals surface area contributed by atoms with Gasteiger partial charge in [-0.3, -0.25) is 4.79 Å². The molecule has 0 bridgehead atoms. The van der Waals surface area contributed by atoms with E-state index in [9.17, 15) is 4.79 Å². The molecule has 0 unspecified atom stereocenters. The number of carbonyl (C=O) groups excluding carboxylic acids is 1. The highest BCUT2D eigenvalue weighted by atomic mass is 32.2. The monoisotopic (exact) mass is 376 g/mol. The minimum atomic E-state index is -0.0234. The molecule has 1 aromatic heterocycles. The zero-order valence-corrected chi connectivity index (χ0v) is 15.7. The van der Waals surface area contributed by atoms with E-state index in [4.69, 9.17) is 4.74 Å². The predicted molar refractivity (Wildman–Crippen MR) is 104 cm³/mol. The Morgan fingerprint density at radius 1 is 1.25 bits per heavy atom. The molecule has 1 heterocycles. The number of hydrogen-bond donors (Lipinski definition) is 1. The number of amides is 1. The van der Waals surface area contributed by atoms with E-state index in [2.05, 4.69) is 10.3 Å². The minimum Gasteiger partial charge on any atom is -0.497 e. The highest BCUT2D eigenvalue weighted by Crippen LogP contribution is 2.30. The summed E-state index contributed by atoms with van der Waals surface area (Å²) >= 11 is 4.76.